The monoisotopic (exact) mass is 903 g/mol. The summed E-state index contributed by atoms with van der Waals surface area (Å²) in [5, 5.41) is 31.7. The number of aromatic carboxylic acids is 1. The Balaban J connectivity index is 1.25. The molecular weight excluding hydrogens is 861 g/mol. The molecule has 0 bridgehead atoms. The van der Waals surface area contributed by atoms with Gasteiger partial charge in [-0.2, -0.15) is 13.0 Å². The number of rotatable bonds is 8. The van der Waals surface area contributed by atoms with Crippen molar-refractivity contribution in [2.45, 2.75) is 61.8 Å². The molecule has 326 valence electrons. The summed E-state index contributed by atoms with van der Waals surface area (Å²) in [5.41, 5.74) is 6.67. The number of hydrogen-bond acceptors (Lipinski definition) is 9. The predicted octanol–water partition coefficient (Wildman–Crippen LogP) is 10.3. The fraction of sp³-hybridized carbons (Fsp3) is 0.192. The van der Waals surface area contributed by atoms with E-state index in [1.54, 1.807) is 18.2 Å². The Morgan fingerprint density at radius 2 is 1.46 bits per heavy atom. The van der Waals surface area contributed by atoms with Gasteiger partial charge >= 0.3 is 5.97 Å². The Bertz CT molecular complexity index is 3660. The van der Waals surface area contributed by atoms with Crippen LogP contribution in [0.4, 0.5) is 11.4 Å². The molecule has 0 fully saturated rings. The van der Waals surface area contributed by atoms with E-state index in [0.717, 1.165) is 116 Å². The number of carboxylic acid groups (broad SMARTS) is 1. The second kappa shape index (κ2) is 14.6. The van der Waals surface area contributed by atoms with Gasteiger partial charge in [0, 0.05) is 57.3 Å². The third kappa shape index (κ3) is 6.67. The third-order valence-electron chi connectivity index (χ3n) is 13.4. The molecule has 3 heterocycles. The molecule has 0 aromatic heterocycles. The van der Waals surface area contributed by atoms with Crippen LogP contribution in [0.3, 0.4) is 0 Å². The molecule has 3 N–H and O–H groups in total. The van der Waals surface area contributed by atoms with Crippen LogP contribution in [0.5, 0.6) is 11.5 Å². The summed E-state index contributed by atoms with van der Waals surface area (Å²) in [5.74, 6) is 0.598. The lowest BCUT2D eigenvalue weighted by atomic mass is 9.80. The summed E-state index contributed by atoms with van der Waals surface area (Å²) in [7, 11) is -4.45. The van der Waals surface area contributed by atoms with Crippen LogP contribution in [0.2, 0.25) is 0 Å². The van der Waals surface area contributed by atoms with Crippen molar-refractivity contribution < 1.29 is 42.2 Å². The fourth-order valence-corrected chi connectivity index (χ4v) is 11.4. The highest BCUT2D eigenvalue weighted by molar-refractivity contribution is 7.94. The van der Waals surface area contributed by atoms with E-state index in [1.165, 1.54) is 12.1 Å². The van der Waals surface area contributed by atoms with E-state index in [-0.39, 0.29) is 10.5 Å². The van der Waals surface area contributed by atoms with Gasteiger partial charge in [-0.1, -0.05) is 60.8 Å². The molecule has 13 heteroatoms. The minimum atomic E-state index is -4.45. The van der Waals surface area contributed by atoms with Gasteiger partial charge in [-0.3, -0.25) is 4.55 Å². The van der Waals surface area contributed by atoms with Crippen LogP contribution in [0.15, 0.2) is 119 Å². The molecule has 0 saturated heterocycles. The average molecular weight is 904 g/mol. The number of benzene rings is 8. The summed E-state index contributed by atoms with van der Waals surface area (Å²) in [6, 6.07) is 34.7. The summed E-state index contributed by atoms with van der Waals surface area (Å²) < 4.78 is 49.6. The molecule has 0 atom stereocenters. The number of carbonyl (C=O) groups is 1. The zero-order chi connectivity index (χ0) is 45.3. The molecule has 11 rings (SSSR count). The van der Waals surface area contributed by atoms with Crippen molar-refractivity contribution in [3.05, 3.63) is 153 Å². The van der Waals surface area contributed by atoms with E-state index >= 15 is 0 Å². The average Bonchev–Trinajstić information content (AvgIpc) is 3.71. The molecule has 0 unspecified atom stereocenters. The number of fused-ring (bicyclic) bond motifs is 14. The zero-order valence-electron chi connectivity index (χ0n) is 36.1. The zero-order valence-corrected chi connectivity index (χ0v) is 37.7. The standard InChI is InChI=1S/C52H42N2O9S2/c1-28-6-14-35(15-7-28)54-27-52(4,5)45-47(54)41-23-34-19-37(65(58,59)60)17-13-32(34)21-39(41)43-24-42-38-20-31-12-16-36(64-63-62-57)18-33(31)22-40(38)46-44(48(42)61-49(43)45)51(2,3)26-53(46)25-29-8-10-30(11-9-29)50(55)56/h6-24H,25-27H2,1-5H3,(H2-,55,56,57,58,59,60)/p+1. The van der Waals surface area contributed by atoms with Crippen molar-refractivity contribution in [3.63, 3.8) is 0 Å². The van der Waals surface area contributed by atoms with E-state index in [9.17, 15) is 22.9 Å². The molecule has 0 saturated carbocycles. The molecule has 0 amide bonds. The molecular formula is C52H43N2O9S2+. The molecule has 65 heavy (non-hydrogen) atoms. The number of ether oxygens (including phenoxy) is 1. The van der Waals surface area contributed by atoms with Crippen LogP contribution in [0.1, 0.15) is 65.9 Å². The van der Waals surface area contributed by atoms with Gasteiger partial charge in [0.15, 0.2) is 6.54 Å². The Morgan fingerprint density at radius 1 is 0.785 bits per heavy atom. The second-order valence-electron chi connectivity index (χ2n) is 18.7. The molecule has 3 aliphatic rings. The van der Waals surface area contributed by atoms with Gasteiger partial charge < -0.3 is 14.7 Å². The van der Waals surface area contributed by atoms with Gasteiger partial charge in [-0.05, 0) is 125 Å². The molecule has 0 aliphatic carbocycles. The van der Waals surface area contributed by atoms with Crippen LogP contribution in [-0.2, 0) is 36.9 Å². The lowest BCUT2D eigenvalue weighted by Gasteiger charge is -2.28. The minimum absolute atomic E-state index is 0.167. The van der Waals surface area contributed by atoms with Crippen LogP contribution < -0.4 is 24.8 Å². The van der Waals surface area contributed by atoms with Gasteiger partial charge in [0.1, 0.15) is 11.5 Å². The predicted molar refractivity (Wildman–Crippen MR) is 254 cm³/mol. The Kier molecular flexibility index (Phi) is 9.29. The number of carboxylic acids is 1. The van der Waals surface area contributed by atoms with Crippen molar-refractivity contribution in [2.75, 3.05) is 18.0 Å². The highest BCUT2D eigenvalue weighted by atomic mass is 32.2. The number of anilines is 1. The summed E-state index contributed by atoms with van der Waals surface area (Å²) in [6.07, 6.45) is 2.27. The first-order valence-electron chi connectivity index (χ1n) is 21.2. The summed E-state index contributed by atoms with van der Waals surface area (Å²) in [6.45, 7) is 12.9. The van der Waals surface area contributed by atoms with Crippen LogP contribution in [0, 0.1) is 6.92 Å². The Labute approximate surface area is 378 Å². The molecule has 0 spiro atoms. The maximum atomic E-state index is 12.4. The van der Waals surface area contributed by atoms with E-state index < -0.39 is 26.9 Å². The van der Waals surface area contributed by atoms with Crippen molar-refractivity contribution in [1.29, 1.82) is 0 Å². The smallest absolute Gasteiger partial charge is 0.335 e. The van der Waals surface area contributed by atoms with Crippen LogP contribution >= 0.6 is 12.0 Å². The Morgan fingerprint density at radius 3 is 2.17 bits per heavy atom. The van der Waals surface area contributed by atoms with Gasteiger partial charge in [-0.25, -0.2) is 10.1 Å². The lowest BCUT2D eigenvalue weighted by Crippen LogP contribution is -2.30. The van der Waals surface area contributed by atoms with Crippen molar-refractivity contribution in [1.82, 2.24) is 4.58 Å². The highest BCUT2D eigenvalue weighted by Gasteiger charge is 2.46. The minimum Gasteiger partial charge on any atom is -0.478 e. The topological polar surface area (TPSA) is 146 Å². The van der Waals surface area contributed by atoms with Crippen LogP contribution in [-0.4, -0.2) is 42.4 Å². The highest BCUT2D eigenvalue weighted by Crippen LogP contribution is 2.55. The number of nitrogens with zero attached hydrogens (tertiary/aromatic N) is 2. The van der Waals surface area contributed by atoms with E-state index in [2.05, 4.69) is 97.7 Å². The maximum absolute atomic E-state index is 12.4. The van der Waals surface area contributed by atoms with Gasteiger partial charge in [0.2, 0.25) is 11.0 Å². The van der Waals surface area contributed by atoms with Crippen molar-refractivity contribution >= 4 is 88.7 Å². The quantitative estimate of drug-likeness (QED) is 0.0335. The van der Waals surface area contributed by atoms with Gasteiger partial charge in [0.25, 0.3) is 10.1 Å². The normalized spacial score (nSPS) is 15.8. The van der Waals surface area contributed by atoms with Crippen molar-refractivity contribution in [3.8, 4) is 11.5 Å². The second-order valence-corrected chi connectivity index (χ2v) is 20.9. The first-order chi connectivity index (χ1) is 31.0. The molecule has 0 radical (unpaired) electrons. The van der Waals surface area contributed by atoms with Crippen molar-refractivity contribution in [2.24, 2.45) is 0 Å². The molecule has 3 aliphatic heterocycles. The lowest BCUT2D eigenvalue weighted by molar-refractivity contribution is -0.432. The Hall–Kier alpha value is -6.32. The van der Waals surface area contributed by atoms with E-state index in [0.29, 0.717) is 25.0 Å². The molecule has 8 aromatic rings. The SMILES string of the molecule is Cc1ccc([N+]2=c3c(c4c(c5cc6ccc(S(=O)(=O)O)cc6cc35)=Cc3c(c5c(c6cc7cc(SOOO)ccc7cc36)N(Cc3ccc(C(=O)O)cc3)CC5(C)C)O4)C(C)(C)C2)cc1. The van der Waals surface area contributed by atoms with E-state index in [1.807, 2.05) is 36.4 Å². The molecule has 8 aromatic carbocycles. The first-order valence-corrected chi connectivity index (χ1v) is 23.4. The number of hydrogen-bond donors (Lipinski definition) is 3. The van der Waals surface area contributed by atoms with Gasteiger partial charge in [0.05, 0.1) is 44.6 Å². The largest absolute Gasteiger partial charge is 0.478 e. The fourth-order valence-electron chi connectivity index (χ4n) is 10.5. The van der Waals surface area contributed by atoms with Crippen LogP contribution in [0.25, 0.3) is 49.2 Å². The van der Waals surface area contributed by atoms with Gasteiger partial charge in [-0.15, -0.1) is 4.33 Å². The number of aryl methyl sites for hydroxylation is 1. The summed E-state index contributed by atoms with van der Waals surface area (Å²) >= 11 is 0.903. The maximum Gasteiger partial charge on any atom is 0.335 e. The van der Waals surface area contributed by atoms with E-state index in [4.69, 9.17) is 14.3 Å². The first kappa shape index (κ1) is 41.4. The third-order valence-corrected chi connectivity index (χ3v) is 14.8. The summed E-state index contributed by atoms with van der Waals surface area (Å²) in [4.78, 5) is 14.7. The molecule has 11 nitrogen and oxygen atoms in total.